The molecule has 0 aliphatic rings. The topological polar surface area (TPSA) is 60.2 Å². The Balaban J connectivity index is 1.93. The molecule has 0 saturated heterocycles. The first-order valence-electron chi connectivity index (χ1n) is 6.72. The van der Waals surface area contributed by atoms with Gasteiger partial charge in [-0.25, -0.2) is 4.98 Å². The van der Waals surface area contributed by atoms with E-state index in [0.717, 1.165) is 5.75 Å². The number of nitrogens with one attached hydrogen (secondary N) is 1. The zero-order valence-electron chi connectivity index (χ0n) is 11.7. The van der Waals surface area contributed by atoms with E-state index >= 15 is 0 Å². The van der Waals surface area contributed by atoms with Crippen LogP contribution in [0.3, 0.4) is 0 Å². The van der Waals surface area contributed by atoms with Gasteiger partial charge in [0.25, 0.3) is 0 Å². The summed E-state index contributed by atoms with van der Waals surface area (Å²) in [6.45, 7) is 0. The monoisotopic (exact) mass is 311 g/mol. The Morgan fingerprint density at radius 3 is 2.59 bits per heavy atom. The number of nitrogens with zero attached hydrogens (tertiary/aromatic N) is 1. The predicted octanol–water partition coefficient (Wildman–Crippen LogP) is 4.85. The van der Waals surface area contributed by atoms with E-state index in [4.69, 9.17) is 22.1 Å². The number of ether oxygens (including phenoxy) is 1. The molecule has 3 aromatic rings. The maximum Gasteiger partial charge on any atom is 0.153 e. The summed E-state index contributed by atoms with van der Waals surface area (Å²) in [7, 11) is 0. The molecule has 22 heavy (non-hydrogen) atoms. The van der Waals surface area contributed by atoms with Crippen LogP contribution in [0.4, 0.5) is 17.2 Å². The molecule has 0 unspecified atom stereocenters. The summed E-state index contributed by atoms with van der Waals surface area (Å²) in [5.74, 6) is 1.94. The van der Waals surface area contributed by atoms with Crippen LogP contribution in [-0.2, 0) is 0 Å². The van der Waals surface area contributed by atoms with E-state index in [9.17, 15) is 0 Å². The van der Waals surface area contributed by atoms with Gasteiger partial charge in [-0.15, -0.1) is 0 Å². The largest absolute Gasteiger partial charge is 0.455 e. The van der Waals surface area contributed by atoms with E-state index in [0.29, 0.717) is 28.0 Å². The van der Waals surface area contributed by atoms with Crippen LogP contribution in [0.2, 0.25) is 5.02 Å². The van der Waals surface area contributed by atoms with Gasteiger partial charge in [0.15, 0.2) is 11.6 Å². The van der Waals surface area contributed by atoms with Gasteiger partial charge >= 0.3 is 0 Å². The lowest BCUT2D eigenvalue weighted by molar-refractivity contribution is 0.485. The van der Waals surface area contributed by atoms with E-state index in [-0.39, 0.29) is 0 Å². The first kappa shape index (κ1) is 14.2. The van der Waals surface area contributed by atoms with Gasteiger partial charge in [-0.1, -0.05) is 29.8 Å². The molecule has 5 heteroatoms. The Kier molecular flexibility index (Phi) is 4.12. The van der Waals surface area contributed by atoms with Gasteiger partial charge in [-0.2, -0.15) is 0 Å². The minimum atomic E-state index is 0.549. The quantitative estimate of drug-likeness (QED) is 0.723. The SMILES string of the molecule is Nc1cccnc1Nc1cc(Cl)ccc1Oc1ccccc1. The third-order valence-corrected chi connectivity index (χ3v) is 3.24. The summed E-state index contributed by atoms with van der Waals surface area (Å²) >= 11 is 6.08. The molecule has 3 N–H and O–H groups in total. The molecule has 0 fully saturated rings. The molecular weight excluding hydrogens is 298 g/mol. The van der Waals surface area contributed by atoms with Crippen LogP contribution >= 0.6 is 11.6 Å². The summed E-state index contributed by atoms with van der Waals surface area (Å²) < 4.78 is 5.89. The number of benzene rings is 2. The minimum absolute atomic E-state index is 0.549. The number of nitrogens with two attached hydrogens (primary N) is 1. The molecule has 0 saturated carbocycles. The number of rotatable bonds is 4. The van der Waals surface area contributed by atoms with Crippen molar-refractivity contribution in [3.05, 3.63) is 71.9 Å². The lowest BCUT2D eigenvalue weighted by Crippen LogP contribution is -2.00. The molecule has 4 nitrogen and oxygen atoms in total. The fourth-order valence-corrected chi connectivity index (χ4v) is 2.13. The van der Waals surface area contributed by atoms with Gasteiger partial charge in [0.05, 0.1) is 11.4 Å². The van der Waals surface area contributed by atoms with E-state index in [1.807, 2.05) is 30.3 Å². The van der Waals surface area contributed by atoms with Gasteiger partial charge in [-0.3, -0.25) is 0 Å². The van der Waals surface area contributed by atoms with Crippen LogP contribution in [0, 0.1) is 0 Å². The first-order chi connectivity index (χ1) is 10.7. The Morgan fingerprint density at radius 1 is 1.00 bits per heavy atom. The first-order valence-corrected chi connectivity index (χ1v) is 7.10. The lowest BCUT2D eigenvalue weighted by Gasteiger charge is -2.14. The van der Waals surface area contributed by atoms with Crippen molar-refractivity contribution in [3.8, 4) is 11.5 Å². The molecule has 2 aromatic carbocycles. The zero-order valence-corrected chi connectivity index (χ0v) is 12.4. The van der Waals surface area contributed by atoms with Crippen molar-refractivity contribution in [2.45, 2.75) is 0 Å². The van der Waals surface area contributed by atoms with Crippen molar-refractivity contribution >= 4 is 28.8 Å². The minimum Gasteiger partial charge on any atom is -0.455 e. The second-order valence-corrected chi connectivity index (χ2v) is 5.06. The maximum absolute atomic E-state index is 6.08. The number of hydrogen-bond donors (Lipinski definition) is 2. The van der Waals surface area contributed by atoms with Crippen LogP contribution in [0.1, 0.15) is 0 Å². The Bertz CT molecular complexity index is 778. The van der Waals surface area contributed by atoms with Gasteiger partial charge in [0.1, 0.15) is 5.75 Å². The average Bonchev–Trinajstić information content (AvgIpc) is 2.53. The Hall–Kier alpha value is -2.72. The number of nitrogen functional groups attached to an aromatic ring is 1. The third kappa shape index (κ3) is 3.30. The highest BCUT2D eigenvalue weighted by Crippen LogP contribution is 2.34. The normalized spacial score (nSPS) is 10.2. The van der Waals surface area contributed by atoms with E-state index in [1.165, 1.54) is 0 Å². The zero-order chi connectivity index (χ0) is 15.4. The number of pyridine rings is 1. The summed E-state index contributed by atoms with van der Waals surface area (Å²) in [5, 5.41) is 3.75. The van der Waals surface area contributed by atoms with Gasteiger partial charge < -0.3 is 15.8 Å². The van der Waals surface area contributed by atoms with Gasteiger partial charge in [-0.05, 0) is 42.5 Å². The second-order valence-electron chi connectivity index (χ2n) is 4.62. The summed E-state index contributed by atoms with van der Waals surface area (Å²) in [5.41, 5.74) is 7.16. The highest BCUT2D eigenvalue weighted by atomic mass is 35.5. The second kappa shape index (κ2) is 6.37. The van der Waals surface area contributed by atoms with Crippen LogP contribution in [0.5, 0.6) is 11.5 Å². The molecule has 1 heterocycles. The Labute approximate surface area is 133 Å². The fourth-order valence-electron chi connectivity index (χ4n) is 1.95. The summed E-state index contributed by atoms with van der Waals surface area (Å²) in [6.07, 6.45) is 1.67. The maximum atomic E-state index is 6.08. The van der Waals surface area contributed by atoms with Crippen LogP contribution in [0.25, 0.3) is 0 Å². The molecule has 110 valence electrons. The van der Waals surface area contributed by atoms with Crippen molar-refractivity contribution < 1.29 is 4.74 Å². The van der Waals surface area contributed by atoms with E-state index in [2.05, 4.69) is 10.3 Å². The third-order valence-electron chi connectivity index (χ3n) is 3.00. The molecule has 0 aliphatic heterocycles. The fraction of sp³-hybridized carbons (Fsp3) is 0. The van der Waals surface area contributed by atoms with Crippen LogP contribution < -0.4 is 15.8 Å². The van der Waals surface area contributed by atoms with Gasteiger partial charge in [0, 0.05) is 11.2 Å². The lowest BCUT2D eigenvalue weighted by atomic mass is 10.2. The molecular formula is C17H14ClN3O. The van der Waals surface area contributed by atoms with Crippen LogP contribution in [-0.4, -0.2) is 4.98 Å². The van der Waals surface area contributed by atoms with E-state index in [1.54, 1.807) is 36.5 Å². The Morgan fingerprint density at radius 2 is 1.82 bits per heavy atom. The molecule has 0 bridgehead atoms. The van der Waals surface area contributed by atoms with Gasteiger partial charge in [0.2, 0.25) is 0 Å². The molecule has 0 spiro atoms. The molecule has 1 aromatic heterocycles. The van der Waals surface area contributed by atoms with Crippen molar-refractivity contribution in [1.29, 1.82) is 0 Å². The smallest absolute Gasteiger partial charge is 0.153 e. The molecule has 0 aliphatic carbocycles. The number of aromatic nitrogens is 1. The predicted molar refractivity (Wildman–Crippen MR) is 89.9 cm³/mol. The average molecular weight is 312 g/mol. The molecule has 3 rings (SSSR count). The number of halogens is 1. The number of para-hydroxylation sites is 1. The molecule has 0 radical (unpaired) electrons. The summed E-state index contributed by atoms with van der Waals surface area (Å²) in [4.78, 5) is 4.22. The molecule has 0 atom stereocenters. The van der Waals surface area contributed by atoms with Crippen molar-refractivity contribution in [2.75, 3.05) is 11.1 Å². The van der Waals surface area contributed by atoms with E-state index < -0.39 is 0 Å². The molecule has 0 amide bonds. The summed E-state index contributed by atoms with van der Waals surface area (Å²) in [6, 6.07) is 18.4. The van der Waals surface area contributed by atoms with Crippen molar-refractivity contribution in [3.63, 3.8) is 0 Å². The van der Waals surface area contributed by atoms with Crippen LogP contribution in [0.15, 0.2) is 66.9 Å². The standard InChI is InChI=1S/C17H14ClN3O/c18-12-8-9-16(22-13-5-2-1-3-6-13)15(11-12)21-17-14(19)7-4-10-20-17/h1-11H,19H2,(H,20,21). The number of anilines is 3. The van der Waals surface area contributed by atoms with Crippen molar-refractivity contribution in [2.24, 2.45) is 0 Å². The highest BCUT2D eigenvalue weighted by molar-refractivity contribution is 6.31. The highest BCUT2D eigenvalue weighted by Gasteiger charge is 2.08. The van der Waals surface area contributed by atoms with Crippen molar-refractivity contribution in [1.82, 2.24) is 4.98 Å². The number of hydrogen-bond acceptors (Lipinski definition) is 4.